The summed E-state index contributed by atoms with van der Waals surface area (Å²) >= 11 is 0. The molecule has 0 spiro atoms. The van der Waals surface area contributed by atoms with Crippen molar-refractivity contribution >= 4 is 16.9 Å². The highest BCUT2D eigenvalue weighted by atomic mass is 16.3. The molecule has 0 amide bonds. The lowest BCUT2D eigenvalue weighted by atomic mass is 10.2. The van der Waals surface area contributed by atoms with Gasteiger partial charge < -0.3 is 9.73 Å². The average molecular weight is 239 g/mol. The molecule has 4 heteroatoms. The lowest BCUT2D eigenvalue weighted by molar-refractivity contribution is 0.617. The van der Waals surface area contributed by atoms with Gasteiger partial charge in [-0.25, -0.2) is 9.97 Å². The molecule has 0 saturated carbocycles. The third-order valence-corrected chi connectivity index (χ3v) is 2.88. The van der Waals surface area contributed by atoms with Crippen molar-refractivity contribution in [1.29, 1.82) is 0 Å². The number of nitrogens with zero attached hydrogens (tertiary/aromatic N) is 2. The zero-order chi connectivity index (χ0) is 12.5. The molecule has 0 atom stereocenters. The first-order valence-electron chi connectivity index (χ1n) is 5.78. The monoisotopic (exact) mass is 239 g/mol. The van der Waals surface area contributed by atoms with Crippen LogP contribution >= 0.6 is 0 Å². The van der Waals surface area contributed by atoms with Crippen LogP contribution in [0.15, 0.2) is 40.9 Å². The van der Waals surface area contributed by atoms with E-state index in [0.29, 0.717) is 5.89 Å². The van der Waals surface area contributed by atoms with Gasteiger partial charge in [0.15, 0.2) is 5.58 Å². The van der Waals surface area contributed by atoms with Gasteiger partial charge in [-0.3, -0.25) is 0 Å². The third kappa shape index (κ3) is 1.72. The molecule has 0 aliphatic carbocycles. The first kappa shape index (κ1) is 10.8. The first-order chi connectivity index (χ1) is 8.78. The number of aromatic nitrogens is 2. The molecule has 0 aliphatic rings. The molecular weight excluding hydrogens is 226 g/mol. The van der Waals surface area contributed by atoms with Crippen molar-refractivity contribution < 1.29 is 4.42 Å². The van der Waals surface area contributed by atoms with E-state index in [1.165, 1.54) is 0 Å². The zero-order valence-electron chi connectivity index (χ0n) is 10.3. The number of nitrogens with one attached hydrogen (secondary N) is 1. The van der Waals surface area contributed by atoms with Gasteiger partial charge in [0, 0.05) is 13.2 Å². The highest BCUT2D eigenvalue weighted by molar-refractivity contribution is 5.79. The van der Waals surface area contributed by atoms with Crippen molar-refractivity contribution in [3.05, 3.63) is 42.1 Å². The van der Waals surface area contributed by atoms with Crippen LogP contribution in [0, 0.1) is 6.92 Å². The fraction of sp³-hybridized carbons (Fsp3) is 0.143. The number of hydrogen-bond donors (Lipinski definition) is 1. The number of hydrogen-bond acceptors (Lipinski definition) is 4. The molecule has 3 aromatic rings. The van der Waals surface area contributed by atoms with Crippen molar-refractivity contribution in [2.75, 3.05) is 12.4 Å². The second-order valence-electron chi connectivity index (χ2n) is 4.12. The van der Waals surface area contributed by atoms with Gasteiger partial charge in [0.25, 0.3) is 0 Å². The van der Waals surface area contributed by atoms with E-state index in [4.69, 9.17) is 4.42 Å². The number of oxazole rings is 1. The Morgan fingerprint density at radius 3 is 2.72 bits per heavy atom. The zero-order valence-corrected chi connectivity index (χ0v) is 10.3. The van der Waals surface area contributed by atoms with E-state index in [1.54, 1.807) is 6.20 Å². The topological polar surface area (TPSA) is 51.0 Å². The second kappa shape index (κ2) is 4.14. The Hall–Kier alpha value is -2.36. The fourth-order valence-corrected chi connectivity index (χ4v) is 1.88. The van der Waals surface area contributed by atoms with Crippen LogP contribution in [0.5, 0.6) is 0 Å². The van der Waals surface area contributed by atoms with Crippen LogP contribution in [0.3, 0.4) is 0 Å². The summed E-state index contributed by atoms with van der Waals surface area (Å²) in [6, 6.07) is 9.78. The van der Waals surface area contributed by atoms with E-state index in [9.17, 15) is 0 Å². The molecule has 18 heavy (non-hydrogen) atoms. The lowest BCUT2D eigenvalue weighted by Gasteiger charge is -1.98. The molecule has 1 N–H and O–H groups in total. The Kier molecular flexibility index (Phi) is 2.48. The highest BCUT2D eigenvalue weighted by Gasteiger charge is 2.09. The molecule has 0 radical (unpaired) electrons. The molecule has 0 unspecified atom stereocenters. The van der Waals surface area contributed by atoms with E-state index in [0.717, 1.165) is 28.0 Å². The number of aryl methyl sites for hydroxylation is 1. The predicted octanol–water partition coefficient (Wildman–Crippen LogP) is 3.24. The normalized spacial score (nSPS) is 10.8. The standard InChI is InChI=1S/C14H13N3O/c1-9-4-3-5-11-13(9)18-14(17-11)10-6-7-12(15-2)16-8-10/h3-8H,1-2H3,(H,15,16). The van der Waals surface area contributed by atoms with Gasteiger partial charge in [-0.15, -0.1) is 0 Å². The summed E-state index contributed by atoms with van der Waals surface area (Å²) in [5.41, 5.74) is 3.68. The van der Waals surface area contributed by atoms with Crippen LogP contribution in [0.1, 0.15) is 5.56 Å². The highest BCUT2D eigenvalue weighted by Crippen LogP contribution is 2.26. The molecule has 4 nitrogen and oxygen atoms in total. The maximum Gasteiger partial charge on any atom is 0.228 e. The number of fused-ring (bicyclic) bond motifs is 1. The van der Waals surface area contributed by atoms with Crippen LogP contribution in [0.25, 0.3) is 22.6 Å². The second-order valence-corrected chi connectivity index (χ2v) is 4.12. The van der Waals surface area contributed by atoms with Gasteiger partial charge in [-0.2, -0.15) is 0 Å². The number of para-hydroxylation sites is 1. The third-order valence-electron chi connectivity index (χ3n) is 2.88. The SMILES string of the molecule is CNc1ccc(-c2nc3cccc(C)c3o2)cn1. The lowest BCUT2D eigenvalue weighted by Crippen LogP contribution is -1.91. The number of benzene rings is 1. The Morgan fingerprint density at radius 1 is 1.17 bits per heavy atom. The molecule has 3 rings (SSSR count). The minimum atomic E-state index is 0.606. The van der Waals surface area contributed by atoms with Crippen LogP contribution in [0.2, 0.25) is 0 Å². The van der Waals surface area contributed by atoms with E-state index in [2.05, 4.69) is 15.3 Å². The van der Waals surface area contributed by atoms with E-state index in [1.807, 2.05) is 44.3 Å². The van der Waals surface area contributed by atoms with Crippen LogP contribution in [-0.2, 0) is 0 Å². The Balaban J connectivity index is 2.10. The minimum Gasteiger partial charge on any atom is -0.436 e. The molecule has 1 aromatic carbocycles. The smallest absolute Gasteiger partial charge is 0.228 e. The number of anilines is 1. The predicted molar refractivity (Wildman–Crippen MR) is 71.5 cm³/mol. The summed E-state index contributed by atoms with van der Waals surface area (Å²) in [5, 5.41) is 2.98. The Labute approximate surface area is 105 Å². The average Bonchev–Trinajstić information content (AvgIpc) is 2.84. The fourth-order valence-electron chi connectivity index (χ4n) is 1.88. The van der Waals surface area contributed by atoms with Gasteiger partial charge in [0.2, 0.25) is 5.89 Å². The minimum absolute atomic E-state index is 0.606. The molecular formula is C14H13N3O. The Morgan fingerprint density at radius 2 is 2.06 bits per heavy atom. The van der Waals surface area contributed by atoms with E-state index < -0.39 is 0 Å². The van der Waals surface area contributed by atoms with Crippen molar-refractivity contribution in [3.8, 4) is 11.5 Å². The summed E-state index contributed by atoms with van der Waals surface area (Å²) in [6.07, 6.45) is 1.76. The molecule has 0 saturated heterocycles. The van der Waals surface area contributed by atoms with Gasteiger partial charge in [-0.05, 0) is 30.7 Å². The van der Waals surface area contributed by atoms with Crippen LogP contribution in [-0.4, -0.2) is 17.0 Å². The van der Waals surface area contributed by atoms with Gasteiger partial charge in [0.1, 0.15) is 11.3 Å². The summed E-state index contributed by atoms with van der Waals surface area (Å²) in [6.45, 7) is 2.01. The van der Waals surface area contributed by atoms with E-state index >= 15 is 0 Å². The quantitative estimate of drug-likeness (QED) is 0.745. The Bertz CT molecular complexity index is 686. The maximum absolute atomic E-state index is 5.79. The maximum atomic E-state index is 5.79. The largest absolute Gasteiger partial charge is 0.436 e. The van der Waals surface area contributed by atoms with Gasteiger partial charge >= 0.3 is 0 Å². The van der Waals surface area contributed by atoms with Gasteiger partial charge in [-0.1, -0.05) is 12.1 Å². The molecule has 2 aromatic heterocycles. The van der Waals surface area contributed by atoms with E-state index in [-0.39, 0.29) is 0 Å². The van der Waals surface area contributed by atoms with Crippen LogP contribution < -0.4 is 5.32 Å². The van der Waals surface area contributed by atoms with Crippen molar-refractivity contribution in [3.63, 3.8) is 0 Å². The van der Waals surface area contributed by atoms with Crippen molar-refractivity contribution in [1.82, 2.24) is 9.97 Å². The van der Waals surface area contributed by atoms with Crippen molar-refractivity contribution in [2.45, 2.75) is 6.92 Å². The molecule has 0 bridgehead atoms. The number of pyridine rings is 1. The molecule has 0 aliphatic heterocycles. The molecule has 2 heterocycles. The van der Waals surface area contributed by atoms with Crippen LogP contribution in [0.4, 0.5) is 5.82 Å². The molecule has 90 valence electrons. The summed E-state index contributed by atoms with van der Waals surface area (Å²) in [4.78, 5) is 8.73. The van der Waals surface area contributed by atoms with Crippen molar-refractivity contribution in [2.24, 2.45) is 0 Å². The van der Waals surface area contributed by atoms with Gasteiger partial charge in [0.05, 0.1) is 5.56 Å². The summed E-state index contributed by atoms with van der Waals surface area (Å²) in [7, 11) is 1.84. The molecule has 0 fully saturated rings. The number of rotatable bonds is 2. The summed E-state index contributed by atoms with van der Waals surface area (Å²) in [5.74, 6) is 1.43. The first-order valence-corrected chi connectivity index (χ1v) is 5.78. The summed E-state index contributed by atoms with van der Waals surface area (Å²) < 4.78 is 5.79.